The molecule has 1 aromatic rings. The number of pyridine rings is 1. The summed E-state index contributed by atoms with van der Waals surface area (Å²) >= 11 is 0. The normalized spacial score (nSPS) is 24.8. The molecule has 0 saturated heterocycles. The van der Waals surface area contributed by atoms with Crippen LogP contribution in [0.4, 0.5) is 0 Å². The van der Waals surface area contributed by atoms with Gasteiger partial charge in [-0.15, -0.1) is 5.84 Å². The van der Waals surface area contributed by atoms with E-state index in [-0.39, 0.29) is 4.70 Å². The summed E-state index contributed by atoms with van der Waals surface area (Å²) in [5, 5.41) is 4.32. The van der Waals surface area contributed by atoms with Crippen LogP contribution < -0.4 is 17.3 Å². The molecule has 6 N–H and O–H groups in total. The van der Waals surface area contributed by atoms with Gasteiger partial charge >= 0.3 is 0 Å². The van der Waals surface area contributed by atoms with Crippen molar-refractivity contribution in [1.82, 2.24) is 4.98 Å². The van der Waals surface area contributed by atoms with Crippen LogP contribution in [-0.2, 0) is 0 Å². The van der Waals surface area contributed by atoms with E-state index in [2.05, 4.69) is 10.1 Å². The number of nitrogens with two attached hydrogens (primary N) is 3. The highest BCUT2D eigenvalue weighted by Gasteiger charge is 2.38. The Hall–Kier alpha value is -1.92. The summed E-state index contributed by atoms with van der Waals surface area (Å²) in [5.41, 5.74) is 13.4. The predicted octanol–water partition coefficient (Wildman–Crippen LogP) is -0.404. The number of hydrogen-bond acceptors (Lipinski definition) is 5. The number of aromatic nitrogens is 1. The minimum atomic E-state index is -0.197. The van der Waals surface area contributed by atoms with E-state index in [1.54, 1.807) is 6.20 Å². The van der Waals surface area contributed by atoms with Crippen molar-refractivity contribution >= 4 is 5.71 Å². The minimum absolute atomic E-state index is 0.197. The first-order valence-corrected chi connectivity index (χ1v) is 5.03. The smallest absolute Gasteiger partial charge is 0.271 e. The number of hydrogen-bond donors (Lipinski definition) is 3. The molecule has 0 amide bonds. The van der Waals surface area contributed by atoms with E-state index in [1.165, 1.54) is 0 Å². The fraction of sp³-hybridized carbons (Fsp3) is 0.200. The standard InChI is InChI=1S/C10H15N6/c1-2-16(13)10(12)8(11)9(15-16)7-5-3-4-6-14-7/h3-6H,2,11-13H2,1H3/q+1. The lowest BCUT2D eigenvalue weighted by atomic mass is 10.2. The minimum Gasteiger partial charge on any atom is -0.390 e. The van der Waals surface area contributed by atoms with E-state index in [4.69, 9.17) is 17.3 Å². The van der Waals surface area contributed by atoms with Gasteiger partial charge < -0.3 is 11.5 Å². The molecule has 1 aliphatic heterocycles. The maximum atomic E-state index is 5.98. The Kier molecular flexibility index (Phi) is 2.37. The Labute approximate surface area is 93.6 Å². The monoisotopic (exact) mass is 219 g/mol. The van der Waals surface area contributed by atoms with Crippen molar-refractivity contribution in [2.45, 2.75) is 6.92 Å². The summed E-state index contributed by atoms with van der Waals surface area (Å²) < 4.78 is -0.197. The lowest BCUT2D eigenvalue weighted by Gasteiger charge is -2.19. The van der Waals surface area contributed by atoms with Gasteiger partial charge in [0.25, 0.3) is 5.82 Å². The fourth-order valence-electron chi connectivity index (χ4n) is 1.55. The average Bonchev–Trinajstić information content (AvgIpc) is 2.56. The Balaban J connectivity index is 2.50. The van der Waals surface area contributed by atoms with Crippen LogP contribution >= 0.6 is 0 Å². The van der Waals surface area contributed by atoms with Gasteiger partial charge in [0.2, 0.25) is 0 Å². The zero-order chi connectivity index (χ0) is 11.8. The molecule has 1 atom stereocenters. The topological polar surface area (TPSA) is 103 Å². The molecule has 0 bridgehead atoms. The highest BCUT2D eigenvalue weighted by atomic mass is 15.8. The van der Waals surface area contributed by atoms with Crippen LogP contribution in [0.15, 0.2) is 41.0 Å². The molecule has 0 saturated carbocycles. The van der Waals surface area contributed by atoms with Crippen LogP contribution in [0, 0.1) is 0 Å². The Morgan fingerprint density at radius 3 is 2.56 bits per heavy atom. The molecule has 0 aromatic carbocycles. The molecular formula is C10H15N6+. The molecule has 1 aromatic heterocycles. The molecule has 16 heavy (non-hydrogen) atoms. The maximum Gasteiger partial charge on any atom is 0.271 e. The van der Waals surface area contributed by atoms with Crippen molar-refractivity contribution in [3.05, 3.63) is 41.6 Å². The second kappa shape index (κ2) is 3.58. The predicted molar refractivity (Wildman–Crippen MR) is 61.2 cm³/mol. The molecule has 1 aliphatic rings. The molecule has 6 nitrogen and oxygen atoms in total. The molecule has 0 fully saturated rings. The van der Waals surface area contributed by atoms with Crippen molar-refractivity contribution in [2.75, 3.05) is 6.54 Å². The molecule has 2 rings (SSSR count). The van der Waals surface area contributed by atoms with Gasteiger partial charge in [0.1, 0.15) is 6.54 Å². The van der Waals surface area contributed by atoms with Gasteiger partial charge in [-0.1, -0.05) is 10.8 Å². The van der Waals surface area contributed by atoms with Crippen LogP contribution in [0.5, 0.6) is 0 Å². The summed E-state index contributed by atoms with van der Waals surface area (Å²) in [6.07, 6.45) is 1.68. The summed E-state index contributed by atoms with van der Waals surface area (Å²) in [4.78, 5) is 4.18. The van der Waals surface area contributed by atoms with E-state index < -0.39 is 0 Å². The summed E-state index contributed by atoms with van der Waals surface area (Å²) in [6, 6.07) is 5.51. The largest absolute Gasteiger partial charge is 0.390 e. The van der Waals surface area contributed by atoms with Crippen molar-refractivity contribution in [3.8, 4) is 0 Å². The quantitative estimate of drug-likeness (QED) is 0.465. The van der Waals surface area contributed by atoms with Gasteiger partial charge in [-0.25, -0.2) is 0 Å². The molecule has 0 spiro atoms. The second-order valence-corrected chi connectivity index (χ2v) is 3.61. The lowest BCUT2D eigenvalue weighted by molar-refractivity contribution is -0.907. The van der Waals surface area contributed by atoms with Crippen molar-refractivity contribution in [3.63, 3.8) is 0 Å². The van der Waals surface area contributed by atoms with Crippen LogP contribution in [0.25, 0.3) is 0 Å². The fourth-order valence-corrected chi connectivity index (χ4v) is 1.55. The Morgan fingerprint density at radius 1 is 1.31 bits per heavy atom. The summed E-state index contributed by atoms with van der Waals surface area (Å²) in [6.45, 7) is 2.44. The number of rotatable bonds is 2. The molecule has 0 radical (unpaired) electrons. The highest BCUT2D eigenvalue weighted by molar-refractivity contribution is 6.11. The number of quaternary nitrogens is 1. The van der Waals surface area contributed by atoms with Crippen LogP contribution in [0.2, 0.25) is 0 Å². The lowest BCUT2D eigenvalue weighted by Crippen LogP contribution is -2.50. The third-order valence-corrected chi connectivity index (χ3v) is 2.62. The van der Waals surface area contributed by atoms with Crippen molar-refractivity contribution in [2.24, 2.45) is 22.4 Å². The SMILES string of the molecule is CC[N+]1(N)N=C(c2ccccn2)C(N)=C1N. The zero-order valence-electron chi connectivity index (χ0n) is 9.09. The molecule has 84 valence electrons. The average molecular weight is 219 g/mol. The molecule has 0 aliphatic carbocycles. The summed E-state index contributed by atoms with van der Waals surface area (Å²) in [5.74, 6) is 6.34. The first kappa shape index (κ1) is 10.6. The third kappa shape index (κ3) is 1.44. The zero-order valence-corrected chi connectivity index (χ0v) is 9.09. The van der Waals surface area contributed by atoms with Gasteiger partial charge in [0, 0.05) is 6.20 Å². The maximum absolute atomic E-state index is 5.98. The number of nitrogens with zero attached hydrogens (tertiary/aromatic N) is 3. The molecule has 1 unspecified atom stereocenters. The van der Waals surface area contributed by atoms with E-state index in [0.717, 1.165) is 0 Å². The summed E-state index contributed by atoms with van der Waals surface area (Å²) in [7, 11) is 0. The first-order chi connectivity index (χ1) is 7.58. The third-order valence-electron chi connectivity index (χ3n) is 2.62. The number of allylic oxidation sites excluding steroid dienone is 1. The van der Waals surface area contributed by atoms with Gasteiger partial charge in [-0.3, -0.25) is 4.98 Å². The van der Waals surface area contributed by atoms with Crippen LogP contribution in [-0.4, -0.2) is 21.9 Å². The van der Waals surface area contributed by atoms with E-state index in [1.807, 2.05) is 25.1 Å². The van der Waals surface area contributed by atoms with Gasteiger partial charge in [-0.2, -0.15) is 0 Å². The van der Waals surface area contributed by atoms with Crippen molar-refractivity contribution in [1.29, 1.82) is 0 Å². The van der Waals surface area contributed by atoms with Crippen molar-refractivity contribution < 1.29 is 4.70 Å². The molecule has 2 heterocycles. The first-order valence-electron chi connectivity index (χ1n) is 5.03. The van der Waals surface area contributed by atoms with E-state index >= 15 is 0 Å². The van der Waals surface area contributed by atoms with Crippen LogP contribution in [0.3, 0.4) is 0 Å². The van der Waals surface area contributed by atoms with Gasteiger partial charge in [-0.05, 0) is 24.2 Å². The molecular weight excluding hydrogens is 204 g/mol. The van der Waals surface area contributed by atoms with E-state index in [9.17, 15) is 0 Å². The Bertz CT molecular complexity index is 463. The Morgan fingerprint density at radius 2 is 2.06 bits per heavy atom. The van der Waals surface area contributed by atoms with E-state index in [0.29, 0.717) is 29.5 Å². The van der Waals surface area contributed by atoms with Gasteiger partial charge in [0.05, 0.1) is 5.69 Å². The molecule has 6 heteroatoms. The highest BCUT2D eigenvalue weighted by Crippen LogP contribution is 2.21. The second-order valence-electron chi connectivity index (χ2n) is 3.61. The van der Waals surface area contributed by atoms with Crippen LogP contribution in [0.1, 0.15) is 12.6 Å². The van der Waals surface area contributed by atoms with Gasteiger partial charge in [0.15, 0.2) is 11.4 Å².